The van der Waals surface area contributed by atoms with Gasteiger partial charge in [0.15, 0.2) is 5.96 Å². The Balaban J connectivity index is 1.76. The Bertz CT molecular complexity index is 382. The molecule has 0 aromatic heterocycles. The molecule has 2 aliphatic rings. The van der Waals surface area contributed by atoms with E-state index >= 15 is 0 Å². The number of carbonyl (C=O) groups is 1. The fourth-order valence-corrected chi connectivity index (χ4v) is 3.59. The van der Waals surface area contributed by atoms with Gasteiger partial charge in [0, 0.05) is 18.6 Å². The third kappa shape index (κ3) is 6.80. The molecule has 0 aromatic carbocycles. The maximum atomic E-state index is 12.1. The van der Waals surface area contributed by atoms with Crippen molar-refractivity contribution in [2.24, 2.45) is 10.9 Å². The Morgan fingerprint density at radius 1 is 0.957 bits per heavy atom. The van der Waals surface area contributed by atoms with Gasteiger partial charge < -0.3 is 16.0 Å². The molecule has 0 unspecified atom stereocenters. The topological polar surface area (TPSA) is 65.5 Å². The Labute approximate surface area is 141 Å². The molecule has 2 saturated carbocycles. The minimum atomic E-state index is 0.0476. The zero-order chi connectivity index (χ0) is 16.5. The van der Waals surface area contributed by atoms with Gasteiger partial charge in [0.2, 0.25) is 5.91 Å². The fraction of sp³-hybridized carbons (Fsp3) is 0.889. The van der Waals surface area contributed by atoms with Crippen LogP contribution in [0.1, 0.15) is 71.6 Å². The average molecular weight is 322 g/mol. The van der Waals surface area contributed by atoms with Gasteiger partial charge >= 0.3 is 0 Å². The van der Waals surface area contributed by atoms with Crippen molar-refractivity contribution in [3.63, 3.8) is 0 Å². The first kappa shape index (κ1) is 18.1. The van der Waals surface area contributed by atoms with E-state index in [0.29, 0.717) is 12.1 Å². The predicted molar refractivity (Wildman–Crippen MR) is 95.6 cm³/mol. The van der Waals surface area contributed by atoms with Crippen LogP contribution in [-0.4, -0.2) is 37.0 Å². The van der Waals surface area contributed by atoms with E-state index in [0.717, 1.165) is 31.3 Å². The van der Waals surface area contributed by atoms with Crippen molar-refractivity contribution in [1.29, 1.82) is 0 Å². The highest BCUT2D eigenvalue weighted by atomic mass is 16.1. The summed E-state index contributed by atoms with van der Waals surface area (Å²) in [6.07, 6.45) is 11.0. The van der Waals surface area contributed by atoms with Crippen molar-refractivity contribution in [2.75, 3.05) is 13.1 Å². The molecule has 3 N–H and O–H groups in total. The quantitative estimate of drug-likeness (QED) is 0.538. The normalized spacial score (nSPS) is 26.6. The molecule has 132 valence electrons. The van der Waals surface area contributed by atoms with Gasteiger partial charge in [-0.15, -0.1) is 0 Å². The second-order valence-electron chi connectivity index (χ2n) is 7.20. The lowest BCUT2D eigenvalue weighted by molar-refractivity contribution is -0.120. The van der Waals surface area contributed by atoms with E-state index in [-0.39, 0.29) is 12.5 Å². The molecule has 0 heterocycles. The zero-order valence-electron chi connectivity index (χ0n) is 14.9. The Morgan fingerprint density at radius 3 is 2.26 bits per heavy atom. The first-order chi connectivity index (χ1) is 11.2. The summed E-state index contributed by atoms with van der Waals surface area (Å²) in [5, 5.41) is 9.88. The average Bonchev–Trinajstić information content (AvgIpc) is 2.56. The molecule has 0 atom stereocenters. The highest BCUT2D eigenvalue weighted by molar-refractivity contribution is 5.85. The van der Waals surface area contributed by atoms with E-state index in [1.807, 2.05) is 0 Å². The second kappa shape index (κ2) is 9.78. The van der Waals surface area contributed by atoms with E-state index in [9.17, 15) is 4.79 Å². The van der Waals surface area contributed by atoms with Crippen LogP contribution in [0, 0.1) is 5.92 Å². The van der Waals surface area contributed by atoms with E-state index < -0.39 is 0 Å². The maximum absolute atomic E-state index is 12.1. The van der Waals surface area contributed by atoms with Crippen LogP contribution >= 0.6 is 0 Å². The van der Waals surface area contributed by atoms with Gasteiger partial charge in [0.1, 0.15) is 6.54 Å². The number of nitrogens with one attached hydrogen (secondary N) is 3. The summed E-state index contributed by atoms with van der Waals surface area (Å²) in [5.41, 5.74) is 0. The Hall–Kier alpha value is -1.26. The molecular formula is C18H34N4O. The van der Waals surface area contributed by atoms with Gasteiger partial charge in [0.25, 0.3) is 0 Å². The molecule has 0 bridgehead atoms. The van der Waals surface area contributed by atoms with Crippen LogP contribution in [0.5, 0.6) is 0 Å². The van der Waals surface area contributed by atoms with Crippen LogP contribution in [0.4, 0.5) is 0 Å². The predicted octanol–water partition coefficient (Wildman–Crippen LogP) is 2.57. The zero-order valence-corrected chi connectivity index (χ0v) is 14.9. The number of carbonyl (C=O) groups excluding carboxylic acids is 1. The van der Waals surface area contributed by atoms with Gasteiger partial charge in [-0.2, -0.15) is 0 Å². The van der Waals surface area contributed by atoms with Gasteiger partial charge in [-0.3, -0.25) is 4.79 Å². The summed E-state index contributed by atoms with van der Waals surface area (Å²) >= 11 is 0. The number of hydrogen-bond donors (Lipinski definition) is 3. The lowest BCUT2D eigenvalue weighted by atomic mass is 9.87. The summed E-state index contributed by atoms with van der Waals surface area (Å²) in [6.45, 7) is 5.42. The lowest BCUT2D eigenvalue weighted by Gasteiger charge is -2.28. The summed E-state index contributed by atoms with van der Waals surface area (Å²) < 4.78 is 0. The van der Waals surface area contributed by atoms with Crippen molar-refractivity contribution in [2.45, 2.75) is 83.7 Å². The van der Waals surface area contributed by atoms with Crippen LogP contribution in [0.25, 0.3) is 0 Å². The second-order valence-corrected chi connectivity index (χ2v) is 7.20. The molecular weight excluding hydrogens is 288 g/mol. The molecule has 0 radical (unpaired) electrons. The van der Waals surface area contributed by atoms with Crippen LogP contribution in [0.15, 0.2) is 4.99 Å². The molecule has 2 aliphatic carbocycles. The molecule has 23 heavy (non-hydrogen) atoms. The number of rotatable bonds is 5. The first-order valence-electron chi connectivity index (χ1n) is 9.51. The highest BCUT2D eigenvalue weighted by Gasteiger charge is 2.19. The van der Waals surface area contributed by atoms with Crippen LogP contribution in [0.2, 0.25) is 0 Å². The van der Waals surface area contributed by atoms with Crippen molar-refractivity contribution in [1.82, 2.24) is 16.0 Å². The number of guanidine groups is 1. The summed E-state index contributed by atoms with van der Waals surface area (Å²) in [5.74, 6) is 1.67. The van der Waals surface area contributed by atoms with Crippen molar-refractivity contribution < 1.29 is 4.79 Å². The van der Waals surface area contributed by atoms with E-state index in [1.165, 1.54) is 44.9 Å². The number of nitrogens with zero attached hydrogens (tertiary/aromatic N) is 1. The smallest absolute Gasteiger partial charge is 0.242 e. The first-order valence-corrected chi connectivity index (χ1v) is 9.51. The summed E-state index contributed by atoms with van der Waals surface area (Å²) in [6, 6.07) is 0.854. The van der Waals surface area contributed by atoms with Crippen molar-refractivity contribution in [3.05, 3.63) is 0 Å². The molecule has 2 rings (SSSR count). The van der Waals surface area contributed by atoms with E-state index in [4.69, 9.17) is 0 Å². The van der Waals surface area contributed by atoms with Crippen LogP contribution in [-0.2, 0) is 4.79 Å². The number of hydrogen-bond acceptors (Lipinski definition) is 2. The van der Waals surface area contributed by atoms with Crippen molar-refractivity contribution >= 4 is 11.9 Å². The Kier molecular flexibility index (Phi) is 7.69. The fourth-order valence-electron chi connectivity index (χ4n) is 3.59. The minimum absolute atomic E-state index is 0.0476. The molecule has 0 saturated heterocycles. The Morgan fingerprint density at radius 2 is 1.61 bits per heavy atom. The van der Waals surface area contributed by atoms with Crippen molar-refractivity contribution in [3.8, 4) is 0 Å². The third-order valence-electron chi connectivity index (χ3n) is 5.05. The van der Waals surface area contributed by atoms with Gasteiger partial charge in [-0.25, -0.2) is 4.99 Å². The molecule has 0 spiro atoms. The molecule has 5 nitrogen and oxygen atoms in total. The molecule has 1 amide bonds. The highest BCUT2D eigenvalue weighted by Crippen LogP contribution is 2.23. The molecule has 0 aromatic rings. The van der Waals surface area contributed by atoms with Gasteiger partial charge in [-0.1, -0.05) is 26.2 Å². The monoisotopic (exact) mass is 322 g/mol. The molecule has 0 aliphatic heterocycles. The van der Waals surface area contributed by atoms with Gasteiger partial charge in [-0.05, 0) is 51.4 Å². The van der Waals surface area contributed by atoms with E-state index in [1.54, 1.807) is 0 Å². The van der Waals surface area contributed by atoms with Crippen LogP contribution < -0.4 is 16.0 Å². The van der Waals surface area contributed by atoms with Gasteiger partial charge in [0.05, 0.1) is 0 Å². The molecule has 2 fully saturated rings. The maximum Gasteiger partial charge on any atom is 0.242 e. The standard InChI is InChI=1S/C18H34N4O/c1-3-19-18(22-16-11-9-14(2)10-12-16)20-13-17(23)21-15-7-5-4-6-8-15/h14-16H,3-13H2,1-2H3,(H,21,23)(H2,19,20,22). The van der Waals surface area contributed by atoms with E-state index in [2.05, 4.69) is 34.8 Å². The third-order valence-corrected chi connectivity index (χ3v) is 5.05. The SMILES string of the molecule is CCNC(=NCC(=O)NC1CCCCC1)NC1CCC(C)CC1. The lowest BCUT2D eigenvalue weighted by Crippen LogP contribution is -2.45. The number of amides is 1. The minimum Gasteiger partial charge on any atom is -0.357 e. The summed E-state index contributed by atoms with van der Waals surface area (Å²) in [4.78, 5) is 16.6. The molecule has 5 heteroatoms. The largest absolute Gasteiger partial charge is 0.357 e. The summed E-state index contributed by atoms with van der Waals surface area (Å²) in [7, 11) is 0. The van der Waals surface area contributed by atoms with Crippen LogP contribution in [0.3, 0.4) is 0 Å². The number of aliphatic imine (C=N–C) groups is 1.